The molecular formula is C14H26N4O. The second-order valence-corrected chi connectivity index (χ2v) is 5.74. The Kier molecular flexibility index (Phi) is 5.54. The normalized spacial score (nSPS) is 11.6. The van der Waals surface area contributed by atoms with Crippen LogP contribution in [0.4, 0.5) is 11.6 Å². The molecule has 0 bridgehead atoms. The van der Waals surface area contributed by atoms with Crippen molar-refractivity contribution >= 4 is 11.6 Å². The van der Waals surface area contributed by atoms with Gasteiger partial charge in [-0.1, -0.05) is 20.8 Å². The third-order valence-corrected chi connectivity index (χ3v) is 3.23. The second-order valence-electron chi connectivity index (χ2n) is 5.74. The van der Waals surface area contributed by atoms with E-state index in [2.05, 4.69) is 36.1 Å². The van der Waals surface area contributed by atoms with E-state index in [0.29, 0.717) is 5.82 Å². The number of aliphatic hydroxyl groups is 1. The van der Waals surface area contributed by atoms with Gasteiger partial charge < -0.3 is 16.2 Å². The van der Waals surface area contributed by atoms with E-state index in [1.807, 2.05) is 6.92 Å². The van der Waals surface area contributed by atoms with Crippen LogP contribution in [0.5, 0.6) is 0 Å². The first-order valence-corrected chi connectivity index (χ1v) is 6.87. The average molecular weight is 266 g/mol. The quantitative estimate of drug-likeness (QED) is 0.704. The molecule has 0 amide bonds. The Bertz CT molecular complexity index is 418. The molecule has 1 rings (SSSR count). The molecule has 0 atom stereocenters. The number of rotatable bonds is 7. The molecule has 5 heteroatoms. The summed E-state index contributed by atoms with van der Waals surface area (Å²) in [5, 5.41) is 12.4. The molecule has 0 aliphatic heterocycles. The molecule has 0 saturated heterocycles. The minimum atomic E-state index is 0.0197. The summed E-state index contributed by atoms with van der Waals surface area (Å²) in [6, 6.07) is 0. The number of anilines is 2. The summed E-state index contributed by atoms with van der Waals surface area (Å²) >= 11 is 0. The number of hydrogen-bond acceptors (Lipinski definition) is 5. The SMILES string of the molecule is CCCc1nc(N)c(C)c(NCC(C)(C)CCO)n1. The first-order valence-electron chi connectivity index (χ1n) is 6.87. The molecule has 0 saturated carbocycles. The van der Waals surface area contributed by atoms with Crippen molar-refractivity contribution in [3.8, 4) is 0 Å². The second kappa shape index (κ2) is 6.70. The lowest BCUT2D eigenvalue weighted by Gasteiger charge is -2.25. The monoisotopic (exact) mass is 266 g/mol. The van der Waals surface area contributed by atoms with Crippen LogP contribution in [0.15, 0.2) is 0 Å². The van der Waals surface area contributed by atoms with Crippen molar-refractivity contribution in [2.24, 2.45) is 5.41 Å². The number of nitrogens with one attached hydrogen (secondary N) is 1. The van der Waals surface area contributed by atoms with Crippen molar-refractivity contribution in [2.75, 3.05) is 24.2 Å². The molecule has 108 valence electrons. The summed E-state index contributed by atoms with van der Waals surface area (Å²) in [5.41, 5.74) is 6.83. The van der Waals surface area contributed by atoms with Crippen LogP contribution in [0.2, 0.25) is 0 Å². The fourth-order valence-electron chi connectivity index (χ4n) is 1.80. The molecule has 5 nitrogen and oxygen atoms in total. The van der Waals surface area contributed by atoms with E-state index in [4.69, 9.17) is 10.8 Å². The van der Waals surface area contributed by atoms with Crippen LogP contribution in [0.25, 0.3) is 0 Å². The molecule has 4 N–H and O–H groups in total. The molecule has 1 heterocycles. The van der Waals surface area contributed by atoms with Crippen molar-refractivity contribution in [1.29, 1.82) is 0 Å². The van der Waals surface area contributed by atoms with Crippen LogP contribution in [0.3, 0.4) is 0 Å². The van der Waals surface area contributed by atoms with E-state index in [0.717, 1.165) is 43.0 Å². The number of aryl methyl sites for hydroxylation is 1. The number of nitrogens with two attached hydrogens (primary N) is 1. The molecule has 19 heavy (non-hydrogen) atoms. The number of nitrogens with zero attached hydrogens (tertiary/aromatic N) is 2. The van der Waals surface area contributed by atoms with E-state index in [9.17, 15) is 0 Å². The molecule has 0 spiro atoms. The van der Waals surface area contributed by atoms with Gasteiger partial charge in [0.1, 0.15) is 17.5 Å². The van der Waals surface area contributed by atoms with Gasteiger partial charge in [0, 0.05) is 25.1 Å². The highest BCUT2D eigenvalue weighted by Crippen LogP contribution is 2.23. The minimum Gasteiger partial charge on any atom is -0.396 e. The van der Waals surface area contributed by atoms with Gasteiger partial charge in [0.2, 0.25) is 0 Å². The van der Waals surface area contributed by atoms with E-state index in [-0.39, 0.29) is 12.0 Å². The molecule has 0 aromatic carbocycles. The van der Waals surface area contributed by atoms with Crippen molar-refractivity contribution in [3.63, 3.8) is 0 Å². The molecule has 0 fully saturated rings. The number of nitrogen functional groups attached to an aromatic ring is 1. The molecule has 1 aromatic heterocycles. The van der Waals surface area contributed by atoms with Crippen LogP contribution < -0.4 is 11.1 Å². The third-order valence-electron chi connectivity index (χ3n) is 3.23. The predicted molar refractivity (Wildman–Crippen MR) is 79.1 cm³/mol. The predicted octanol–water partition coefficient (Wildman–Crippen LogP) is 2.14. The fraction of sp³-hybridized carbons (Fsp3) is 0.714. The highest BCUT2D eigenvalue weighted by atomic mass is 16.3. The van der Waals surface area contributed by atoms with E-state index in [1.165, 1.54) is 0 Å². The smallest absolute Gasteiger partial charge is 0.134 e. The Balaban J connectivity index is 2.82. The van der Waals surface area contributed by atoms with Crippen molar-refractivity contribution in [2.45, 2.75) is 47.0 Å². The van der Waals surface area contributed by atoms with Gasteiger partial charge in [-0.2, -0.15) is 0 Å². The van der Waals surface area contributed by atoms with E-state index >= 15 is 0 Å². The van der Waals surface area contributed by atoms with Crippen LogP contribution >= 0.6 is 0 Å². The van der Waals surface area contributed by atoms with Gasteiger partial charge in [-0.25, -0.2) is 9.97 Å². The van der Waals surface area contributed by atoms with Crippen LogP contribution in [-0.2, 0) is 6.42 Å². The molecule has 0 radical (unpaired) electrons. The Morgan fingerprint density at radius 3 is 2.58 bits per heavy atom. The molecule has 0 unspecified atom stereocenters. The van der Waals surface area contributed by atoms with Crippen molar-refractivity contribution in [1.82, 2.24) is 9.97 Å². The topological polar surface area (TPSA) is 84.1 Å². The summed E-state index contributed by atoms with van der Waals surface area (Å²) in [6.07, 6.45) is 2.58. The lowest BCUT2D eigenvalue weighted by molar-refractivity contribution is 0.220. The summed E-state index contributed by atoms with van der Waals surface area (Å²) in [5.74, 6) is 2.14. The van der Waals surface area contributed by atoms with Gasteiger partial charge in [-0.15, -0.1) is 0 Å². The highest BCUT2D eigenvalue weighted by Gasteiger charge is 2.18. The molecule has 0 aliphatic rings. The molecular weight excluding hydrogens is 240 g/mol. The minimum absolute atomic E-state index is 0.0197. The Morgan fingerprint density at radius 1 is 1.32 bits per heavy atom. The van der Waals surface area contributed by atoms with Gasteiger partial charge in [0.05, 0.1) is 0 Å². The Labute approximate surface area is 115 Å². The van der Waals surface area contributed by atoms with Gasteiger partial charge in [-0.05, 0) is 25.2 Å². The first kappa shape index (κ1) is 15.7. The van der Waals surface area contributed by atoms with Gasteiger partial charge in [0.15, 0.2) is 0 Å². The summed E-state index contributed by atoms with van der Waals surface area (Å²) < 4.78 is 0. The zero-order valence-corrected chi connectivity index (χ0v) is 12.5. The maximum atomic E-state index is 9.04. The van der Waals surface area contributed by atoms with E-state index in [1.54, 1.807) is 0 Å². The standard InChI is InChI=1S/C14H26N4O/c1-5-6-11-17-12(15)10(2)13(18-11)16-9-14(3,4)7-8-19/h19H,5-9H2,1-4H3,(H3,15,16,17,18). The van der Waals surface area contributed by atoms with E-state index < -0.39 is 0 Å². The lowest BCUT2D eigenvalue weighted by atomic mass is 9.90. The molecule has 1 aromatic rings. The zero-order valence-electron chi connectivity index (χ0n) is 12.5. The first-order chi connectivity index (χ1) is 8.89. The van der Waals surface area contributed by atoms with Gasteiger partial charge in [-0.3, -0.25) is 0 Å². The Hall–Kier alpha value is -1.36. The maximum absolute atomic E-state index is 9.04. The maximum Gasteiger partial charge on any atom is 0.134 e. The third kappa shape index (κ3) is 4.67. The number of aromatic nitrogens is 2. The summed E-state index contributed by atoms with van der Waals surface area (Å²) in [4.78, 5) is 8.81. The van der Waals surface area contributed by atoms with Crippen molar-refractivity contribution in [3.05, 3.63) is 11.4 Å². The fourth-order valence-corrected chi connectivity index (χ4v) is 1.80. The van der Waals surface area contributed by atoms with Gasteiger partial charge >= 0.3 is 0 Å². The number of aliphatic hydroxyl groups excluding tert-OH is 1. The zero-order chi connectivity index (χ0) is 14.5. The summed E-state index contributed by atoms with van der Waals surface area (Å²) in [7, 11) is 0. The van der Waals surface area contributed by atoms with Crippen LogP contribution in [0, 0.1) is 12.3 Å². The average Bonchev–Trinajstić information content (AvgIpc) is 2.32. The summed E-state index contributed by atoms with van der Waals surface area (Å²) in [6.45, 7) is 9.19. The van der Waals surface area contributed by atoms with Crippen molar-refractivity contribution < 1.29 is 5.11 Å². The van der Waals surface area contributed by atoms with Gasteiger partial charge in [0.25, 0.3) is 0 Å². The number of hydrogen-bond donors (Lipinski definition) is 3. The lowest BCUT2D eigenvalue weighted by Crippen LogP contribution is -2.25. The van der Waals surface area contributed by atoms with Crippen LogP contribution in [-0.4, -0.2) is 28.2 Å². The van der Waals surface area contributed by atoms with Crippen LogP contribution in [0.1, 0.15) is 45.0 Å². The highest BCUT2D eigenvalue weighted by molar-refractivity contribution is 5.54. The largest absolute Gasteiger partial charge is 0.396 e. The molecule has 0 aliphatic carbocycles. The Morgan fingerprint density at radius 2 is 2.00 bits per heavy atom.